The molecule has 1 aliphatic heterocycles. The molecule has 1 fully saturated rings. The molecule has 25 heavy (non-hydrogen) atoms. The van der Waals surface area contributed by atoms with Gasteiger partial charge in [0.25, 0.3) is 0 Å². The predicted octanol–water partition coefficient (Wildman–Crippen LogP) is 2.43. The number of urea groups is 2. The van der Waals surface area contributed by atoms with E-state index in [9.17, 15) is 13.8 Å². The highest BCUT2D eigenvalue weighted by Crippen LogP contribution is 2.19. The van der Waals surface area contributed by atoms with Crippen LogP contribution < -0.4 is 15.5 Å². The van der Waals surface area contributed by atoms with Crippen LogP contribution in [0.5, 0.6) is 0 Å². The zero-order valence-electron chi connectivity index (χ0n) is 15.0. The van der Waals surface area contributed by atoms with Crippen LogP contribution in [0.15, 0.2) is 17.0 Å². The van der Waals surface area contributed by atoms with Crippen molar-refractivity contribution in [3.05, 3.63) is 28.8 Å². The van der Waals surface area contributed by atoms with Gasteiger partial charge in [-0.15, -0.1) is 0 Å². The van der Waals surface area contributed by atoms with Gasteiger partial charge in [0.05, 0.1) is 4.90 Å². The van der Waals surface area contributed by atoms with Crippen molar-refractivity contribution in [2.75, 3.05) is 13.1 Å². The number of benzene rings is 1. The third-order valence-corrected chi connectivity index (χ3v) is 5.45. The number of carbonyl (C=O) groups is 2. The van der Waals surface area contributed by atoms with Crippen LogP contribution in [0.3, 0.4) is 0 Å². The van der Waals surface area contributed by atoms with Gasteiger partial charge in [0.2, 0.25) is 0 Å². The fraction of sp³-hybridized carbons (Fsp3) is 0.529. The minimum Gasteiger partial charge on any atom is -0.270 e. The molecule has 7 nitrogen and oxygen atoms in total. The summed E-state index contributed by atoms with van der Waals surface area (Å²) < 4.78 is 14.7. The van der Waals surface area contributed by atoms with Gasteiger partial charge in [0.15, 0.2) is 11.0 Å². The number of nitrogens with one attached hydrogen (secondary N) is 3. The summed E-state index contributed by atoms with van der Waals surface area (Å²) in [6, 6.07) is 2.41. The molecule has 0 bridgehead atoms. The number of hydrogen-bond donors (Lipinski definition) is 3. The minimum absolute atomic E-state index is 0.564. The van der Waals surface area contributed by atoms with Gasteiger partial charge in [-0.2, -0.15) is 0 Å². The van der Waals surface area contributed by atoms with E-state index in [0.29, 0.717) is 4.90 Å². The maximum absolute atomic E-state index is 12.4. The smallest absolute Gasteiger partial charge is 0.270 e. The lowest BCUT2D eigenvalue weighted by Crippen LogP contribution is -2.51. The first kappa shape index (κ1) is 19.4. The molecule has 0 spiro atoms. The van der Waals surface area contributed by atoms with Crippen LogP contribution in [0, 0.1) is 20.8 Å². The van der Waals surface area contributed by atoms with Crippen molar-refractivity contribution in [3.63, 3.8) is 0 Å². The van der Waals surface area contributed by atoms with Crippen molar-refractivity contribution < 1.29 is 13.8 Å². The summed E-state index contributed by atoms with van der Waals surface area (Å²) in [6.07, 6.45) is 4.33. The molecule has 8 heteroatoms. The highest BCUT2D eigenvalue weighted by atomic mass is 32.2. The number of hydrogen-bond acceptors (Lipinski definition) is 4. The Kier molecular flexibility index (Phi) is 6.95. The molecule has 0 aromatic heterocycles. The Bertz CT molecular complexity index is 647. The molecule has 3 N–H and O–H groups in total. The first-order valence-electron chi connectivity index (χ1n) is 8.49. The molecule has 1 aliphatic rings. The number of hydrazine groups is 1. The molecule has 4 amide bonds. The lowest BCUT2D eigenvalue weighted by atomic mass is 10.1. The van der Waals surface area contributed by atoms with E-state index in [2.05, 4.69) is 15.5 Å². The summed E-state index contributed by atoms with van der Waals surface area (Å²) >= 11 is 0. The summed E-state index contributed by atoms with van der Waals surface area (Å²) in [7, 11) is -1.73. The number of imide groups is 1. The van der Waals surface area contributed by atoms with Crippen molar-refractivity contribution in [2.24, 2.45) is 0 Å². The zero-order valence-corrected chi connectivity index (χ0v) is 15.8. The second-order valence-corrected chi connectivity index (χ2v) is 7.54. The van der Waals surface area contributed by atoms with E-state index in [-0.39, 0.29) is 0 Å². The van der Waals surface area contributed by atoms with Crippen molar-refractivity contribution in [1.29, 1.82) is 0 Å². The number of rotatable bonds is 3. The Balaban J connectivity index is 1.89. The van der Waals surface area contributed by atoms with E-state index in [1.54, 1.807) is 5.01 Å². The summed E-state index contributed by atoms with van der Waals surface area (Å²) in [5.74, 6) is 0. The maximum Gasteiger partial charge on any atom is 0.337 e. The van der Waals surface area contributed by atoms with Crippen LogP contribution >= 0.6 is 0 Å². The first-order valence-corrected chi connectivity index (χ1v) is 9.64. The first-order chi connectivity index (χ1) is 11.9. The molecule has 2 rings (SSSR count). The van der Waals surface area contributed by atoms with Gasteiger partial charge < -0.3 is 0 Å². The molecular weight excluding hydrogens is 340 g/mol. The Labute approximate surface area is 151 Å². The summed E-state index contributed by atoms with van der Waals surface area (Å²) in [4.78, 5) is 24.4. The molecule has 1 aromatic rings. The van der Waals surface area contributed by atoms with Crippen LogP contribution in [0.4, 0.5) is 9.59 Å². The van der Waals surface area contributed by atoms with Gasteiger partial charge in [-0.05, 0) is 44.7 Å². The van der Waals surface area contributed by atoms with Crippen molar-refractivity contribution in [2.45, 2.75) is 51.3 Å². The number of carbonyl (C=O) groups excluding carboxylic acids is 2. The van der Waals surface area contributed by atoms with Gasteiger partial charge in [-0.1, -0.05) is 30.5 Å². The van der Waals surface area contributed by atoms with Gasteiger partial charge in [0.1, 0.15) is 0 Å². The monoisotopic (exact) mass is 366 g/mol. The van der Waals surface area contributed by atoms with Crippen molar-refractivity contribution >= 4 is 23.0 Å². The molecule has 1 heterocycles. The molecule has 0 radical (unpaired) electrons. The Morgan fingerprint density at radius 2 is 1.52 bits per heavy atom. The molecule has 1 atom stereocenters. The Morgan fingerprint density at radius 1 is 0.960 bits per heavy atom. The number of amides is 4. The van der Waals surface area contributed by atoms with Gasteiger partial charge in [0, 0.05) is 13.1 Å². The molecule has 138 valence electrons. The van der Waals surface area contributed by atoms with Crippen LogP contribution in [-0.4, -0.2) is 34.4 Å². The van der Waals surface area contributed by atoms with Crippen molar-refractivity contribution in [3.8, 4) is 0 Å². The second-order valence-electron chi connectivity index (χ2n) is 6.39. The van der Waals surface area contributed by atoms with E-state index in [0.717, 1.165) is 55.5 Å². The van der Waals surface area contributed by atoms with Crippen LogP contribution in [0.1, 0.15) is 42.4 Å². The third-order valence-electron chi connectivity index (χ3n) is 4.07. The lowest BCUT2D eigenvalue weighted by Gasteiger charge is -2.20. The summed E-state index contributed by atoms with van der Waals surface area (Å²) in [6.45, 7) is 7.18. The molecule has 1 aromatic carbocycles. The molecular formula is C17H26N4O3S. The lowest BCUT2D eigenvalue weighted by molar-refractivity contribution is 0.180. The average Bonchev–Trinajstić information content (AvgIpc) is 2.74. The van der Waals surface area contributed by atoms with E-state index >= 15 is 0 Å². The third kappa shape index (κ3) is 5.82. The Hall–Kier alpha value is -1.93. The highest BCUT2D eigenvalue weighted by molar-refractivity contribution is 7.83. The van der Waals surface area contributed by atoms with E-state index in [1.165, 1.54) is 0 Å². The normalized spacial score (nSPS) is 16.6. The van der Waals surface area contributed by atoms with Crippen LogP contribution in [0.25, 0.3) is 0 Å². The number of nitrogens with zero attached hydrogens (tertiary/aromatic N) is 1. The number of aryl methyl sites for hydroxylation is 3. The standard InChI is InChI=1S/C17H26N4O3S/c1-12-10-13(2)15(14(3)11-12)25(24)20-17(23)18-16(22)19-21-8-6-4-5-7-9-21/h10-11H,4-9H2,1-3H3,(H3,18,19,20,22,23). The molecule has 1 unspecified atom stereocenters. The molecule has 0 aliphatic carbocycles. The topological polar surface area (TPSA) is 90.5 Å². The fourth-order valence-electron chi connectivity index (χ4n) is 3.08. The Morgan fingerprint density at radius 3 is 2.08 bits per heavy atom. The van der Waals surface area contributed by atoms with Gasteiger partial charge >= 0.3 is 12.1 Å². The summed E-state index contributed by atoms with van der Waals surface area (Å²) in [5.41, 5.74) is 5.40. The molecule has 0 saturated carbocycles. The van der Waals surface area contributed by atoms with Gasteiger partial charge in [-0.25, -0.2) is 18.8 Å². The fourth-order valence-corrected chi connectivity index (χ4v) is 4.10. The highest BCUT2D eigenvalue weighted by Gasteiger charge is 2.17. The minimum atomic E-state index is -1.73. The molecule has 1 saturated heterocycles. The van der Waals surface area contributed by atoms with Crippen molar-refractivity contribution in [1.82, 2.24) is 20.5 Å². The summed E-state index contributed by atoms with van der Waals surface area (Å²) in [5, 5.41) is 3.97. The predicted molar refractivity (Wildman–Crippen MR) is 97.3 cm³/mol. The van der Waals surface area contributed by atoms with Gasteiger partial charge in [-0.3, -0.25) is 15.5 Å². The SMILES string of the molecule is Cc1cc(C)c(S(=O)NC(=O)NC(=O)NN2CCCCCC2)c(C)c1. The quantitative estimate of drug-likeness (QED) is 0.766. The van der Waals surface area contributed by atoms with E-state index in [4.69, 9.17) is 0 Å². The second kappa shape index (κ2) is 8.96. The maximum atomic E-state index is 12.4. The van der Waals surface area contributed by atoms with E-state index in [1.807, 2.05) is 32.9 Å². The zero-order chi connectivity index (χ0) is 18.4. The van der Waals surface area contributed by atoms with Crippen LogP contribution in [-0.2, 0) is 11.0 Å². The van der Waals surface area contributed by atoms with E-state index < -0.39 is 23.0 Å². The van der Waals surface area contributed by atoms with Crippen LogP contribution in [0.2, 0.25) is 0 Å². The largest absolute Gasteiger partial charge is 0.337 e. The average molecular weight is 366 g/mol.